The van der Waals surface area contributed by atoms with Crippen LogP contribution in [0, 0.1) is 0 Å². The number of fused-ring (bicyclic) bond motifs is 1. The van der Waals surface area contributed by atoms with E-state index in [1.54, 1.807) is 6.92 Å². The van der Waals surface area contributed by atoms with E-state index in [1.165, 1.54) is 24.4 Å². The lowest BCUT2D eigenvalue weighted by atomic mass is 9.81. The second-order valence-electron chi connectivity index (χ2n) is 7.39. The van der Waals surface area contributed by atoms with Crippen LogP contribution in [0.25, 0.3) is 10.9 Å². The lowest BCUT2D eigenvalue weighted by Gasteiger charge is -2.36. The molecule has 1 fully saturated rings. The van der Waals surface area contributed by atoms with Gasteiger partial charge in [0, 0.05) is 17.5 Å². The highest BCUT2D eigenvalue weighted by Crippen LogP contribution is 2.44. The van der Waals surface area contributed by atoms with E-state index in [1.807, 2.05) is 0 Å². The molecule has 0 bridgehead atoms. The van der Waals surface area contributed by atoms with Crippen molar-refractivity contribution in [1.29, 1.82) is 0 Å². The van der Waals surface area contributed by atoms with Gasteiger partial charge in [0.1, 0.15) is 22.8 Å². The first kappa shape index (κ1) is 20.6. The third-order valence-electron chi connectivity index (χ3n) is 5.18. The first-order valence-electron chi connectivity index (χ1n) is 9.31. The van der Waals surface area contributed by atoms with Crippen LogP contribution < -0.4 is 16.0 Å². The van der Waals surface area contributed by atoms with Crippen molar-refractivity contribution in [3.8, 4) is 5.75 Å². The second kappa shape index (κ2) is 7.55. The molecule has 3 N–H and O–H groups in total. The van der Waals surface area contributed by atoms with Crippen LogP contribution in [0.5, 0.6) is 5.75 Å². The first-order valence-corrected chi connectivity index (χ1v) is 9.69. The lowest BCUT2D eigenvalue weighted by Crippen LogP contribution is -2.35. The van der Waals surface area contributed by atoms with Crippen LogP contribution >= 0.6 is 11.6 Å². The number of aromatic amines is 1. The molecule has 1 aliphatic rings. The quantitative estimate of drug-likeness (QED) is 0.591. The van der Waals surface area contributed by atoms with Crippen molar-refractivity contribution >= 4 is 22.5 Å². The molecule has 0 unspecified atom stereocenters. The Morgan fingerprint density at radius 2 is 2.07 bits per heavy atom. The summed E-state index contributed by atoms with van der Waals surface area (Å²) in [6.07, 6.45) is -2.75. The van der Waals surface area contributed by atoms with Crippen LogP contribution in [-0.4, -0.2) is 21.1 Å². The molecule has 1 atom stereocenters. The summed E-state index contributed by atoms with van der Waals surface area (Å²) in [6, 6.07) is 4.66. The largest absolute Gasteiger partial charge is 0.489 e. The second-order valence-corrected chi connectivity index (χ2v) is 7.78. The van der Waals surface area contributed by atoms with Crippen molar-refractivity contribution in [2.45, 2.75) is 44.0 Å². The number of benzene rings is 1. The average molecular weight is 439 g/mol. The molecule has 1 saturated carbocycles. The molecule has 10 heteroatoms. The van der Waals surface area contributed by atoms with E-state index in [9.17, 15) is 18.0 Å². The van der Waals surface area contributed by atoms with Gasteiger partial charge in [-0.25, -0.2) is 9.97 Å². The maximum atomic E-state index is 13.4. The van der Waals surface area contributed by atoms with Crippen molar-refractivity contribution in [3.63, 3.8) is 0 Å². The van der Waals surface area contributed by atoms with Gasteiger partial charge in [-0.3, -0.25) is 4.79 Å². The maximum absolute atomic E-state index is 13.4. The van der Waals surface area contributed by atoms with Crippen LogP contribution in [0.4, 0.5) is 13.2 Å². The number of nitrogens with two attached hydrogens (primary N) is 1. The Hall–Kier alpha value is -2.65. The van der Waals surface area contributed by atoms with Crippen LogP contribution in [0.15, 0.2) is 35.3 Å². The van der Waals surface area contributed by atoms with Crippen LogP contribution in [0.1, 0.15) is 48.7 Å². The van der Waals surface area contributed by atoms with Gasteiger partial charge in [0.15, 0.2) is 0 Å². The Morgan fingerprint density at radius 3 is 2.73 bits per heavy atom. The molecule has 0 amide bonds. The zero-order valence-corrected chi connectivity index (χ0v) is 16.6. The van der Waals surface area contributed by atoms with Gasteiger partial charge in [0.05, 0.1) is 22.7 Å². The van der Waals surface area contributed by atoms with Crippen LogP contribution in [0.3, 0.4) is 0 Å². The van der Waals surface area contributed by atoms with Crippen molar-refractivity contribution < 1.29 is 17.9 Å². The number of halogens is 4. The number of aromatic nitrogens is 3. The molecule has 3 aromatic rings. The number of para-hydroxylation sites is 1. The minimum Gasteiger partial charge on any atom is -0.489 e. The lowest BCUT2D eigenvalue weighted by molar-refractivity contribution is -0.139. The summed E-state index contributed by atoms with van der Waals surface area (Å²) < 4.78 is 46.1. The van der Waals surface area contributed by atoms with Crippen molar-refractivity contribution in [1.82, 2.24) is 15.0 Å². The SMILES string of the molecule is C[C@@H](N)c1cccc(C(F)(F)F)c1OC1CC(c2nc3cnc(Cl)cc3c(=O)[nH]2)C1. The standard InChI is InChI=1S/C20H18ClF3N4O2/c1-9(25)12-3-2-4-14(20(22,23)24)17(12)30-11-5-10(6-11)18-27-15-8-26-16(21)7-13(15)19(29)28-18/h2-4,7-11H,5-6,25H2,1H3,(H,27,28,29)/t9-,10?,11?/m1/s1. The molecule has 2 heterocycles. The third-order valence-corrected chi connectivity index (χ3v) is 5.39. The fourth-order valence-electron chi connectivity index (χ4n) is 3.55. The molecule has 1 aromatic carbocycles. The number of pyridine rings is 1. The van der Waals surface area contributed by atoms with Crippen molar-refractivity contribution in [2.75, 3.05) is 0 Å². The number of rotatable bonds is 4. The Labute approximate surface area is 174 Å². The zero-order chi connectivity index (χ0) is 21.6. The maximum Gasteiger partial charge on any atom is 0.419 e. The molecule has 30 heavy (non-hydrogen) atoms. The Kier molecular flexibility index (Phi) is 5.19. The number of hydrogen-bond donors (Lipinski definition) is 2. The van der Waals surface area contributed by atoms with E-state index in [4.69, 9.17) is 22.1 Å². The first-order chi connectivity index (χ1) is 14.1. The fourth-order valence-corrected chi connectivity index (χ4v) is 3.71. The van der Waals surface area contributed by atoms with Gasteiger partial charge in [-0.05, 0) is 31.9 Å². The number of nitrogens with zero attached hydrogens (tertiary/aromatic N) is 2. The van der Waals surface area contributed by atoms with E-state index < -0.39 is 23.9 Å². The summed E-state index contributed by atoms with van der Waals surface area (Å²) in [4.78, 5) is 23.4. The molecular formula is C20H18ClF3N4O2. The summed E-state index contributed by atoms with van der Waals surface area (Å²) in [7, 11) is 0. The smallest absolute Gasteiger partial charge is 0.419 e. The monoisotopic (exact) mass is 438 g/mol. The third kappa shape index (κ3) is 3.87. The van der Waals surface area contributed by atoms with Gasteiger partial charge in [0.25, 0.3) is 5.56 Å². The molecule has 6 nitrogen and oxygen atoms in total. The number of nitrogens with one attached hydrogen (secondary N) is 1. The highest BCUT2D eigenvalue weighted by atomic mass is 35.5. The molecule has 0 radical (unpaired) electrons. The van der Waals surface area contributed by atoms with E-state index in [0.717, 1.165) is 6.07 Å². The number of H-pyrrole nitrogens is 1. The van der Waals surface area contributed by atoms with Crippen molar-refractivity contribution in [3.05, 3.63) is 62.9 Å². The Morgan fingerprint density at radius 1 is 1.33 bits per heavy atom. The minimum absolute atomic E-state index is 0.139. The molecule has 0 aliphatic heterocycles. The molecule has 4 rings (SSSR count). The summed E-state index contributed by atoms with van der Waals surface area (Å²) in [5.74, 6) is 0.0785. The predicted octanol–water partition coefficient (Wildman–Crippen LogP) is 4.34. The normalized spacial score (nSPS) is 20.1. The zero-order valence-electron chi connectivity index (χ0n) is 15.8. The number of alkyl halides is 3. The Balaban J connectivity index is 1.56. The number of hydrogen-bond acceptors (Lipinski definition) is 5. The summed E-state index contributed by atoms with van der Waals surface area (Å²) in [5.41, 5.74) is 5.37. The minimum atomic E-state index is -4.55. The highest BCUT2D eigenvalue weighted by molar-refractivity contribution is 6.30. The van der Waals surface area contributed by atoms with E-state index in [0.29, 0.717) is 35.1 Å². The van der Waals surface area contributed by atoms with Gasteiger partial charge in [-0.15, -0.1) is 0 Å². The van der Waals surface area contributed by atoms with Gasteiger partial charge in [-0.1, -0.05) is 23.7 Å². The van der Waals surface area contributed by atoms with E-state index in [-0.39, 0.29) is 22.4 Å². The summed E-state index contributed by atoms with van der Waals surface area (Å²) in [5, 5.41) is 0.513. The number of ether oxygens (including phenoxy) is 1. The van der Waals surface area contributed by atoms with Gasteiger partial charge in [-0.2, -0.15) is 13.2 Å². The summed E-state index contributed by atoms with van der Waals surface area (Å²) >= 11 is 5.81. The van der Waals surface area contributed by atoms with Crippen LogP contribution in [-0.2, 0) is 6.18 Å². The van der Waals surface area contributed by atoms with Gasteiger partial charge >= 0.3 is 6.18 Å². The van der Waals surface area contributed by atoms with E-state index >= 15 is 0 Å². The molecule has 158 valence electrons. The molecule has 2 aromatic heterocycles. The summed E-state index contributed by atoms with van der Waals surface area (Å²) in [6.45, 7) is 1.61. The van der Waals surface area contributed by atoms with Crippen LogP contribution in [0.2, 0.25) is 5.15 Å². The topological polar surface area (TPSA) is 93.9 Å². The van der Waals surface area contributed by atoms with Crippen molar-refractivity contribution in [2.24, 2.45) is 5.73 Å². The molecule has 0 saturated heterocycles. The average Bonchev–Trinajstić information content (AvgIpc) is 2.63. The molecule has 0 spiro atoms. The predicted molar refractivity (Wildman–Crippen MR) is 106 cm³/mol. The fraction of sp³-hybridized carbons (Fsp3) is 0.350. The van der Waals surface area contributed by atoms with E-state index in [2.05, 4.69) is 15.0 Å². The molecule has 1 aliphatic carbocycles. The Bertz CT molecular complexity index is 1160. The van der Waals surface area contributed by atoms with Gasteiger partial charge < -0.3 is 15.5 Å². The molecular weight excluding hydrogens is 421 g/mol. The highest BCUT2D eigenvalue weighted by Gasteiger charge is 2.39. The van der Waals surface area contributed by atoms with Gasteiger partial charge in [0.2, 0.25) is 0 Å².